The Morgan fingerprint density at radius 1 is 1.26 bits per heavy atom. The van der Waals surface area contributed by atoms with E-state index in [1.807, 2.05) is 25.1 Å². The van der Waals surface area contributed by atoms with Gasteiger partial charge in [0.25, 0.3) is 5.91 Å². The standard InChI is InChI=1S/C16H12Cl2N4O/c1-10-3-2-4-15(21-10)20-9-11(8-19)16(23)22-12-5-6-13(17)14(18)7-12/h2-7,9H,1H3,(H,20,21)(H,22,23)/b11-9-. The molecule has 116 valence electrons. The van der Waals surface area contributed by atoms with Gasteiger partial charge in [-0.25, -0.2) is 4.98 Å². The molecule has 0 saturated heterocycles. The number of carbonyl (C=O) groups is 1. The van der Waals surface area contributed by atoms with E-state index in [0.29, 0.717) is 21.6 Å². The van der Waals surface area contributed by atoms with Crippen LogP contribution in [0, 0.1) is 18.3 Å². The number of pyridine rings is 1. The Balaban J connectivity index is 2.10. The van der Waals surface area contributed by atoms with Crippen molar-refractivity contribution >= 4 is 40.6 Å². The van der Waals surface area contributed by atoms with E-state index in [0.717, 1.165) is 5.69 Å². The summed E-state index contributed by atoms with van der Waals surface area (Å²) in [5, 5.41) is 15.2. The highest BCUT2D eigenvalue weighted by Gasteiger charge is 2.10. The number of anilines is 2. The van der Waals surface area contributed by atoms with Crippen molar-refractivity contribution in [2.45, 2.75) is 6.92 Å². The molecule has 0 radical (unpaired) electrons. The van der Waals surface area contributed by atoms with Gasteiger partial charge in [0.1, 0.15) is 17.5 Å². The third-order valence-corrected chi connectivity index (χ3v) is 3.53. The second kappa shape index (κ2) is 7.63. The molecule has 0 aliphatic heterocycles. The minimum Gasteiger partial charge on any atom is -0.345 e. The smallest absolute Gasteiger partial charge is 0.267 e. The van der Waals surface area contributed by atoms with Crippen LogP contribution >= 0.6 is 23.2 Å². The lowest BCUT2D eigenvalue weighted by Crippen LogP contribution is -2.14. The summed E-state index contributed by atoms with van der Waals surface area (Å²) in [6, 6.07) is 11.9. The van der Waals surface area contributed by atoms with Crippen LogP contribution in [-0.2, 0) is 4.79 Å². The number of nitriles is 1. The van der Waals surface area contributed by atoms with E-state index in [4.69, 9.17) is 28.5 Å². The number of hydrogen-bond acceptors (Lipinski definition) is 4. The van der Waals surface area contributed by atoms with Crippen LogP contribution in [0.4, 0.5) is 11.5 Å². The Morgan fingerprint density at radius 2 is 2.04 bits per heavy atom. The number of hydrogen-bond donors (Lipinski definition) is 2. The van der Waals surface area contributed by atoms with Crippen LogP contribution in [0.1, 0.15) is 5.69 Å². The Labute approximate surface area is 143 Å². The van der Waals surface area contributed by atoms with E-state index < -0.39 is 5.91 Å². The van der Waals surface area contributed by atoms with Gasteiger partial charge in [-0.3, -0.25) is 4.79 Å². The van der Waals surface area contributed by atoms with E-state index in [-0.39, 0.29) is 5.57 Å². The van der Waals surface area contributed by atoms with Gasteiger partial charge in [0.15, 0.2) is 0 Å². The highest BCUT2D eigenvalue weighted by atomic mass is 35.5. The third-order valence-electron chi connectivity index (χ3n) is 2.80. The number of carbonyl (C=O) groups excluding carboxylic acids is 1. The summed E-state index contributed by atoms with van der Waals surface area (Å²) in [4.78, 5) is 16.3. The second-order valence-electron chi connectivity index (χ2n) is 4.56. The van der Waals surface area contributed by atoms with Crippen molar-refractivity contribution in [1.29, 1.82) is 5.26 Å². The molecule has 2 aromatic rings. The number of amides is 1. The number of rotatable bonds is 4. The van der Waals surface area contributed by atoms with Gasteiger partial charge >= 0.3 is 0 Å². The zero-order valence-corrected chi connectivity index (χ0v) is 13.6. The van der Waals surface area contributed by atoms with Crippen LogP contribution in [0.2, 0.25) is 10.0 Å². The molecule has 23 heavy (non-hydrogen) atoms. The first-order valence-corrected chi connectivity index (χ1v) is 7.32. The molecular weight excluding hydrogens is 335 g/mol. The van der Waals surface area contributed by atoms with Gasteiger partial charge in [-0.2, -0.15) is 5.26 Å². The molecule has 0 unspecified atom stereocenters. The van der Waals surface area contributed by atoms with Crippen molar-refractivity contribution in [3.05, 3.63) is 63.9 Å². The SMILES string of the molecule is Cc1cccc(N/C=C(/C#N)C(=O)Nc2ccc(Cl)c(Cl)c2)n1. The molecule has 1 aromatic carbocycles. The average molecular weight is 347 g/mol. The minimum absolute atomic E-state index is 0.0978. The highest BCUT2D eigenvalue weighted by Crippen LogP contribution is 2.25. The van der Waals surface area contributed by atoms with Crippen molar-refractivity contribution in [3.63, 3.8) is 0 Å². The predicted octanol–water partition coefficient (Wildman–Crippen LogP) is 4.15. The fraction of sp³-hybridized carbons (Fsp3) is 0.0625. The summed E-state index contributed by atoms with van der Waals surface area (Å²) in [5.74, 6) is -0.0221. The second-order valence-corrected chi connectivity index (χ2v) is 5.38. The highest BCUT2D eigenvalue weighted by molar-refractivity contribution is 6.42. The molecule has 0 spiro atoms. The maximum atomic E-state index is 12.1. The van der Waals surface area contributed by atoms with Crippen molar-refractivity contribution in [2.75, 3.05) is 10.6 Å². The molecule has 0 fully saturated rings. The Morgan fingerprint density at radius 3 is 2.70 bits per heavy atom. The summed E-state index contributed by atoms with van der Waals surface area (Å²) in [5.41, 5.74) is 1.17. The van der Waals surface area contributed by atoms with Crippen LogP contribution in [0.3, 0.4) is 0 Å². The number of nitrogens with one attached hydrogen (secondary N) is 2. The summed E-state index contributed by atoms with van der Waals surface area (Å²) < 4.78 is 0. The zero-order valence-electron chi connectivity index (χ0n) is 12.1. The molecule has 2 N–H and O–H groups in total. The Kier molecular flexibility index (Phi) is 5.58. The molecule has 0 saturated carbocycles. The van der Waals surface area contributed by atoms with Gasteiger partial charge in [0.05, 0.1) is 10.0 Å². The molecule has 1 amide bonds. The van der Waals surface area contributed by atoms with Gasteiger partial charge in [0.2, 0.25) is 0 Å². The normalized spacial score (nSPS) is 10.8. The molecule has 1 heterocycles. The first-order valence-electron chi connectivity index (χ1n) is 6.56. The van der Waals surface area contributed by atoms with Crippen LogP contribution in [0.5, 0.6) is 0 Å². The van der Waals surface area contributed by atoms with Crippen molar-refractivity contribution in [3.8, 4) is 6.07 Å². The lowest BCUT2D eigenvalue weighted by Gasteiger charge is -2.06. The summed E-state index contributed by atoms with van der Waals surface area (Å²) in [6.45, 7) is 1.84. The largest absolute Gasteiger partial charge is 0.345 e. The molecule has 5 nitrogen and oxygen atoms in total. The van der Waals surface area contributed by atoms with E-state index in [9.17, 15) is 4.79 Å². The molecule has 0 bridgehead atoms. The quantitative estimate of drug-likeness (QED) is 0.643. The number of benzene rings is 1. The van der Waals surface area contributed by atoms with E-state index in [1.54, 1.807) is 18.2 Å². The molecule has 0 aliphatic carbocycles. The summed E-state index contributed by atoms with van der Waals surface area (Å²) >= 11 is 11.7. The molecule has 2 rings (SSSR count). The van der Waals surface area contributed by atoms with Gasteiger partial charge in [0, 0.05) is 17.6 Å². The maximum absolute atomic E-state index is 12.1. The van der Waals surface area contributed by atoms with E-state index in [2.05, 4.69) is 15.6 Å². The van der Waals surface area contributed by atoms with E-state index in [1.165, 1.54) is 12.3 Å². The fourth-order valence-corrected chi connectivity index (χ4v) is 1.99. The summed E-state index contributed by atoms with van der Waals surface area (Å²) in [6.07, 6.45) is 1.30. The first kappa shape index (κ1) is 16.8. The Bertz CT molecular complexity index is 812. The first-order chi connectivity index (χ1) is 11.0. The van der Waals surface area contributed by atoms with Gasteiger partial charge in [-0.05, 0) is 37.3 Å². The van der Waals surface area contributed by atoms with E-state index >= 15 is 0 Å². The topological polar surface area (TPSA) is 77.8 Å². The van der Waals surface area contributed by atoms with Crippen molar-refractivity contribution < 1.29 is 4.79 Å². The molecule has 7 heteroatoms. The van der Waals surface area contributed by atoms with Crippen LogP contribution < -0.4 is 10.6 Å². The van der Waals surface area contributed by atoms with Crippen molar-refractivity contribution in [2.24, 2.45) is 0 Å². The number of halogens is 2. The lowest BCUT2D eigenvalue weighted by atomic mass is 10.2. The monoisotopic (exact) mass is 346 g/mol. The van der Waals surface area contributed by atoms with Gasteiger partial charge in [-0.15, -0.1) is 0 Å². The van der Waals surface area contributed by atoms with Crippen LogP contribution in [0.25, 0.3) is 0 Å². The van der Waals surface area contributed by atoms with Gasteiger partial charge in [-0.1, -0.05) is 29.3 Å². The maximum Gasteiger partial charge on any atom is 0.267 e. The third kappa shape index (κ3) is 4.71. The van der Waals surface area contributed by atoms with Crippen molar-refractivity contribution in [1.82, 2.24) is 4.98 Å². The fourth-order valence-electron chi connectivity index (χ4n) is 1.69. The average Bonchev–Trinajstić information content (AvgIpc) is 2.51. The summed E-state index contributed by atoms with van der Waals surface area (Å²) in [7, 11) is 0. The minimum atomic E-state index is -0.564. The number of aromatic nitrogens is 1. The van der Waals surface area contributed by atoms with Crippen LogP contribution in [-0.4, -0.2) is 10.9 Å². The number of aryl methyl sites for hydroxylation is 1. The number of nitrogens with zero attached hydrogens (tertiary/aromatic N) is 2. The molecule has 0 aliphatic rings. The van der Waals surface area contributed by atoms with Crippen LogP contribution in [0.15, 0.2) is 48.2 Å². The lowest BCUT2D eigenvalue weighted by molar-refractivity contribution is -0.112. The molecule has 0 atom stereocenters. The molecular formula is C16H12Cl2N4O. The predicted molar refractivity (Wildman–Crippen MR) is 91.4 cm³/mol. The zero-order chi connectivity index (χ0) is 16.8. The van der Waals surface area contributed by atoms with Gasteiger partial charge < -0.3 is 10.6 Å². The molecule has 1 aromatic heterocycles. The Hall–Kier alpha value is -2.55.